The van der Waals surface area contributed by atoms with Crippen LogP contribution in [0.15, 0.2) is 18.2 Å². The Labute approximate surface area is 128 Å². The van der Waals surface area contributed by atoms with E-state index in [0.29, 0.717) is 0 Å². The first-order valence-electron chi connectivity index (χ1n) is 7.82. The fraction of sp³-hybridized carbons (Fsp3) is 0.588. The molecule has 0 saturated carbocycles. The van der Waals surface area contributed by atoms with Gasteiger partial charge in [0.1, 0.15) is 0 Å². The molecule has 1 amide bonds. The largest absolute Gasteiger partial charge is 0.385 e. The molecule has 0 saturated heterocycles. The lowest BCUT2D eigenvalue weighted by Crippen LogP contribution is -2.26. The van der Waals surface area contributed by atoms with Gasteiger partial charge in [-0.1, -0.05) is 6.92 Å². The van der Waals surface area contributed by atoms with Crippen LogP contribution in [0.3, 0.4) is 0 Å². The molecule has 1 rings (SSSR count). The molecule has 0 spiro atoms. The Kier molecular flexibility index (Phi) is 7.83. The number of amides is 1. The van der Waals surface area contributed by atoms with Crippen molar-refractivity contribution in [2.75, 3.05) is 39.0 Å². The number of nitrogens with one attached hydrogen (secondary N) is 2. The van der Waals surface area contributed by atoms with Crippen molar-refractivity contribution in [1.29, 1.82) is 0 Å². The lowest BCUT2D eigenvalue weighted by molar-refractivity contribution is 0.0952. The smallest absolute Gasteiger partial charge is 0.251 e. The van der Waals surface area contributed by atoms with Crippen LogP contribution in [0.1, 0.15) is 42.1 Å². The quantitative estimate of drug-likeness (QED) is 0.688. The van der Waals surface area contributed by atoms with Crippen LogP contribution in [0.25, 0.3) is 0 Å². The molecule has 21 heavy (non-hydrogen) atoms. The predicted octanol–water partition coefficient (Wildman–Crippen LogP) is 2.89. The Balaban J connectivity index is 2.43. The number of nitrogens with zero attached hydrogens (tertiary/aromatic N) is 1. The highest BCUT2D eigenvalue weighted by molar-refractivity contribution is 5.96. The fourth-order valence-corrected chi connectivity index (χ4v) is 2.15. The van der Waals surface area contributed by atoms with Crippen molar-refractivity contribution in [3.8, 4) is 0 Å². The molecule has 4 nitrogen and oxygen atoms in total. The van der Waals surface area contributed by atoms with Gasteiger partial charge in [0.2, 0.25) is 0 Å². The van der Waals surface area contributed by atoms with E-state index in [4.69, 9.17) is 0 Å². The van der Waals surface area contributed by atoms with Gasteiger partial charge in [0.05, 0.1) is 0 Å². The van der Waals surface area contributed by atoms with Crippen LogP contribution in [0.4, 0.5) is 5.69 Å². The van der Waals surface area contributed by atoms with Crippen molar-refractivity contribution in [2.24, 2.45) is 0 Å². The van der Waals surface area contributed by atoms with Gasteiger partial charge in [0.25, 0.3) is 5.91 Å². The number of aryl methyl sites for hydroxylation is 1. The molecule has 0 aliphatic heterocycles. The van der Waals surface area contributed by atoms with E-state index >= 15 is 0 Å². The standard InChI is InChI=1S/C17H29N3O/c1-5-10-18-15-8-9-16(14(2)13-15)17(21)19-11-6-7-12-20(3)4/h8-9,13,18H,5-7,10-12H2,1-4H3,(H,19,21). The Bertz CT molecular complexity index is 444. The van der Waals surface area contributed by atoms with E-state index in [1.165, 1.54) is 0 Å². The molecule has 0 atom stereocenters. The summed E-state index contributed by atoms with van der Waals surface area (Å²) in [5, 5.41) is 6.33. The highest BCUT2D eigenvalue weighted by Crippen LogP contribution is 2.15. The molecule has 0 bridgehead atoms. The van der Waals surface area contributed by atoms with Gasteiger partial charge in [0.15, 0.2) is 0 Å². The molecule has 1 aromatic carbocycles. The first-order valence-corrected chi connectivity index (χ1v) is 7.82. The van der Waals surface area contributed by atoms with Gasteiger partial charge in [-0.3, -0.25) is 4.79 Å². The van der Waals surface area contributed by atoms with Crippen LogP contribution >= 0.6 is 0 Å². The molecule has 0 radical (unpaired) electrons. The molecule has 0 heterocycles. The zero-order chi connectivity index (χ0) is 15.7. The molecule has 2 N–H and O–H groups in total. The van der Waals surface area contributed by atoms with Crippen LogP contribution < -0.4 is 10.6 Å². The van der Waals surface area contributed by atoms with Gasteiger partial charge in [-0.05, 0) is 70.6 Å². The predicted molar refractivity (Wildman–Crippen MR) is 90.1 cm³/mol. The van der Waals surface area contributed by atoms with E-state index < -0.39 is 0 Å². The number of unbranched alkanes of at least 4 members (excludes halogenated alkanes) is 1. The number of benzene rings is 1. The molecule has 0 fully saturated rings. The van der Waals surface area contributed by atoms with E-state index in [0.717, 1.165) is 55.7 Å². The number of hydrogen-bond acceptors (Lipinski definition) is 3. The third-order valence-corrected chi connectivity index (χ3v) is 3.37. The lowest BCUT2D eigenvalue weighted by atomic mass is 10.1. The maximum absolute atomic E-state index is 12.1. The molecule has 4 heteroatoms. The topological polar surface area (TPSA) is 44.4 Å². The third-order valence-electron chi connectivity index (χ3n) is 3.37. The molecule has 0 unspecified atom stereocenters. The summed E-state index contributed by atoms with van der Waals surface area (Å²) in [5.41, 5.74) is 2.86. The average molecular weight is 291 g/mol. The Morgan fingerprint density at radius 3 is 2.57 bits per heavy atom. The molecule has 1 aromatic rings. The second-order valence-corrected chi connectivity index (χ2v) is 5.72. The summed E-state index contributed by atoms with van der Waals surface area (Å²) >= 11 is 0. The van der Waals surface area contributed by atoms with Crippen LogP contribution in [0.5, 0.6) is 0 Å². The second kappa shape index (κ2) is 9.40. The lowest BCUT2D eigenvalue weighted by Gasteiger charge is -2.11. The summed E-state index contributed by atoms with van der Waals surface area (Å²) in [6, 6.07) is 5.92. The summed E-state index contributed by atoms with van der Waals surface area (Å²) in [7, 11) is 4.13. The van der Waals surface area contributed by atoms with Gasteiger partial charge >= 0.3 is 0 Å². The first-order chi connectivity index (χ1) is 10.0. The van der Waals surface area contributed by atoms with Gasteiger partial charge in [0, 0.05) is 24.3 Å². The number of hydrogen-bond donors (Lipinski definition) is 2. The fourth-order valence-electron chi connectivity index (χ4n) is 2.15. The Hall–Kier alpha value is -1.55. The second-order valence-electron chi connectivity index (χ2n) is 5.72. The Morgan fingerprint density at radius 2 is 1.95 bits per heavy atom. The number of rotatable bonds is 9. The van der Waals surface area contributed by atoms with Crippen molar-refractivity contribution in [1.82, 2.24) is 10.2 Å². The van der Waals surface area contributed by atoms with E-state index in [1.807, 2.05) is 25.1 Å². The average Bonchev–Trinajstić information content (AvgIpc) is 2.44. The van der Waals surface area contributed by atoms with Crippen LogP contribution in [0, 0.1) is 6.92 Å². The normalized spacial score (nSPS) is 10.7. The zero-order valence-corrected chi connectivity index (χ0v) is 13.8. The van der Waals surface area contributed by atoms with E-state index in [1.54, 1.807) is 0 Å². The monoisotopic (exact) mass is 291 g/mol. The molecule has 0 aliphatic carbocycles. The summed E-state index contributed by atoms with van der Waals surface area (Å²) < 4.78 is 0. The van der Waals surface area contributed by atoms with Crippen LogP contribution in [0.2, 0.25) is 0 Å². The van der Waals surface area contributed by atoms with Crippen molar-refractivity contribution in [3.63, 3.8) is 0 Å². The Morgan fingerprint density at radius 1 is 1.19 bits per heavy atom. The highest BCUT2D eigenvalue weighted by Gasteiger charge is 2.08. The minimum atomic E-state index is 0.0272. The molecule has 118 valence electrons. The van der Waals surface area contributed by atoms with Gasteiger partial charge in [-0.2, -0.15) is 0 Å². The first kappa shape index (κ1) is 17.5. The minimum absolute atomic E-state index is 0.0272. The van der Waals surface area contributed by atoms with Crippen molar-refractivity contribution in [2.45, 2.75) is 33.1 Å². The maximum atomic E-state index is 12.1. The van der Waals surface area contributed by atoms with Crippen LogP contribution in [-0.4, -0.2) is 44.5 Å². The summed E-state index contributed by atoms with van der Waals surface area (Å²) in [4.78, 5) is 14.3. The SMILES string of the molecule is CCCNc1ccc(C(=O)NCCCCN(C)C)c(C)c1. The minimum Gasteiger partial charge on any atom is -0.385 e. The molecule has 0 aliphatic rings. The van der Waals surface area contributed by atoms with Crippen molar-refractivity contribution in [3.05, 3.63) is 29.3 Å². The third kappa shape index (κ3) is 6.63. The van der Waals surface area contributed by atoms with Crippen molar-refractivity contribution >= 4 is 11.6 Å². The highest BCUT2D eigenvalue weighted by atomic mass is 16.1. The van der Waals surface area contributed by atoms with Gasteiger partial charge in [-0.15, -0.1) is 0 Å². The van der Waals surface area contributed by atoms with Crippen molar-refractivity contribution < 1.29 is 4.79 Å². The number of carbonyl (C=O) groups excluding carboxylic acids is 1. The molecule has 0 aromatic heterocycles. The summed E-state index contributed by atoms with van der Waals surface area (Å²) in [6.45, 7) is 6.88. The van der Waals surface area contributed by atoms with E-state index in [-0.39, 0.29) is 5.91 Å². The zero-order valence-electron chi connectivity index (χ0n) is 13.8. The maximum Gasteiger partial charge on any atom is 0.251 e. The van der Waals surface area contributed by atoms with E-state index in [2.05, 4.69) is 36.6 Å². The number of carbonyl (C=O) groups is 1. The summed E-state index contributed by atoms with van der Waals surface area (Å²) in [6.07, 6.45) is 3.21. The summed E-state index contributed by atoms with van der Waals surface area (Å²) in [5.74, 6) is 0.0272. The van der Waals surface area contributed by atoms with Gasteiger partial charge in [-0.25, -0.2) is 0 Å². The van der Waals surface area contributed by atoms with Crippen LogP contribution in [-0.2, 0) is 0 Å². The molecular formula is C17H29N3O. The number of anilines is 1. The van der Waals surface area contributed by atoms with E-state index in [9.17, 15) is 4.79 Å². The van der Waals surface area contributed by atoms with Gasteiger partial charge < -0.3 is 15.5 Å². The molecular weight excluding hydrogens is 262 g/mol.